The summed E-state index contributed by atoms with van der Waals surface area (Å²) in [5.74, 6) is 0.559. The third-order valence-electron chi connectivity index (χ3n) is 5.43. The van der Waals surface area contributed by atoms with E-state index in [0.29, 0.717) is 5.91 Å². The van der Waals surface area contributed by atoms with Crippen LogP contribution in [0.3, 0.4) is 0 Å². The Hall–Kier alpha value is -1.87. The summed E-state index contributed by atoms with van der Waals surface area (Å²) in [4.78, 5) is 17.0. The molecule has 3 nitrogen and oxygen atoms in total. The lowest BCUT2D eigenvalue weighted by molar-refractivity contribution is -0.135. The molecule has 1 aliphatic rings. The molecule has 0 aromatic heterocycles. The van der Waals surface area contributed by atoms with Crippen LogP contribution < -0.4 is 0 Å². The van der Waals surface area contributed by atoms with Crippen LogP contribution in [0.2, 0.25) is 0 Å². The molecule has 3 rings (SSSR count). The maximum Gasteiger partial charge on any atom is 0.225 e. The zero-order chi connectivity index (χ0) is 17.6. The number of nitrogens with zero attached hydrogens (tertiary/aromatic N) is 2. The Bertz CT molecular complexity index is 699. The predicted octanol–water partition coefficient (Wildman–Crippen LogP) is 4.31. The van der Waals surface area contributed by atoms with E-state index in [4.69, 9.17) is 0 Å². The molecular formula is C22H30N2O. The zero-order valence-electron chi connectivity index (χ0n) is 15.6. The van der Waals surface area contributed by atoms with E-state index in [1.165, 1.54) is 16.3 Å². The van der Waals surface area contributed by atoms with Crippen molar-refractivity contribution in [3.05, 3.63) is 48.0 Å². The first-order chi connectivity index (χ1) is 12.2. The van der Waals surface area contributed by atoms with Crippen LogP contribution in [0.25, 0.3) is 10.8 Å². The highest BCUT2D eigenvalue weighted by Gasteiger charge is 2.27. The van der Waals surface area contributed by atoms with Gasteiger partial charge in [-0.2, -0.15) is 0 Å². The minimum absolute atomic E-state index is 0.214. The lowest BCUT2D eigenvalue weighted by Gasteiger charge is -2.33. The van der Waals surface area contributed by atoms with Crippen molar-refractivity contribution in [1.82, 2.24) is 9.80 Å². The summed E-state index contributed by atoms with van der Waals surface area (Å²) in [5.41, 5.74) is 1.39. The summed E-state index contributed by atoms with van der Waals surface area (Å²) in [6, 6.07) is 15.2. The fourth-order valence-electron chi connectivity index (χ4n) is 3.83. The summed E-state index contributed by atoms with van der Waals surface area (Å²) < 4.78 is 0. The summed E-state index contributed by atoms with van der Waals surface area (Å²) in [6.45, 7) is 6.08. The molecule has 2 aromatic carbocycles. The topological polar surface area (TPSA) is 23.6 Å². The number of carbonyl (C=O) groups is 1. The first-order valence-corrected chi connectivity index (χ1v) is 9.63. The Balaban J connectivity index is 1.56. The molecule has 0 N–H and O–H groups in total. The van der Waals surface area contributed by atoms with E-state index >= 15 is 0 Å². The largest absolute Gasteiger partial charge is 0.346 e. The maximum atomic E-state index is 12.6. The van der Waals surface area contributed by atoms with Crippen LogP contribution in [-0.4, -0.2) is 42.4 Å². The molecule has 0 saturated carbocycles. The van der Waals surface area contributed by atoms with Crippen molar-refractivity contribution in [3.63, 3.8) is 0 Å². The molecule has 1 heterocycles. The Morgan fingerprint density at radius 3 is 2.60 bits per heavy atom. The Kier molecular flexibility index (Phi) is 6.09. The van der Waals surface area contributed by atoms with Crippen molar-refractivity contribution in [3.8, 4) is 0 Å². The molecule has 25 heavy (non-hydrogen) atoms. The molecule has 0 radical (unpaired) electrons. The van der Waals surface area contributed by atoms with Gasteiger partial charge in [-0.1, -0.05) is 55.8 Å². The maximum absolute atomic E-state index is 12.6. The van der Waals surface area contributed by atoms with Crippen LogP contribution in [0.15, 0.2) is 42.5 Å². The SMILES string of the molecule is CCCCN(C)C(=O)C1CCN(Cc2cccc3ccccc23)CC1. The van der Waals surface area contributed by atoms with E-state index in [0.717, 1.165) is 51.9 Å². The summed E-state index contributed by atoms with van der Waals surface area (Å²) in [6.07, 6.45) is 4.21. The minimum atomic E-state index is 0.214. The number of hydrogen-bond acceptors (Lipinski definition) is 2. The van der Waals surface area contributed by atoms with E-state index in [9.17, 15) is 4.79 Å². The first-order valence-electron chi connectivity index (χ1n) is 9.63. The van der Waals surface area contributed by atoms with Gasteiger partial charge in [0, 0.05) is 26.1 Å². The van der Waals surface area contributed by atoms with Crippen molar-refractivity contribution < 1.29 is 4.79 Å². The highest BCUT2D eigenvalue weighted by molar-refractivity contribution is 5.85. The van der Waals surface area contributed by atoms with E-state index in [-0.39, 0.29) is 5.92 Å². The quantitative estimate of drug-likeness (QED) is 0.783. The van der Waals surface area contributed by atoms with Crippen molar-refractivity contribution in [2.24, 2.45) is 5.92 Å². The van der Waals surface area contributed by atoms with E-state index in [1.807, 2.05) is 11.9 Å². The van der Waals surface area contributed by atoms with E-state index in [1.54, 1.807) is 0 Å². The van der Waals surface area contributed by atoms with Crippen LogP contribution in [0.5, 0.6) is 0 Å². The number of piperidine rings is 1. The molecule has 1 saturated heterocycles. The summed E-state index contributed by atoms with van der Waals surface area (Å²) in [7, 11) is 1.96. The first kappa shape index (κ1) is 17.9. The van der Waals surface area contributed by atoms with Gasteiger partial charge in [-0.15, -0.1) is 0 Å². The third-order valence-corrected chi connectivity index (χ3v) is 5.43. The molecule has 0 unspecified atom stereocenters. The third kappa shape index (κ3) is 4.40. The lowest BCUT2D eigenvalue weighted by Crippen LogP contribution is -2.41. The van der Waals surface area contributed by atoms with Crippen LogP contribution in [0.4, 0.5) is 0 Å². The number of fused-ring (bicyclic) bond motifs is 1. The second-order valence-electron chi connectivity index (χ2n) is 7.30. The number of unbranched alkanes of at least 4 members (excludes halogenated alkanes) is 1. The number of amides is 1. The van der Waals surface area contributed by atoms with Gasteiger partial charge < -0.3 is 4.90 Å². The molecule has 134 valence electrons. The number of hydrogen-bond donors (Lipinski definition) is 0. The smallest absolute Gasteiger partial charge is 0.225 e. The van der Waals surface area contributed by atoms with Gasteiger partial charge >= 0.3 is 0 Å². The second kappa shape index (κ2) is 8.48. The number of likely N-dealkylation sites (tertiary alicyclic amines) is 1. The van der Waals surface area contributed by atoms with Crippen molar-refractivity contribution >= 4 is 16.7 Å². The molecule has 0 atom stereocenters. The van der Waals surface area contributed by atoms with Crippen LogP contribution in [0, 0.1) is 5.92 Å². The van der Waals surface area contributed by atoms with Gasteiger partial charge in [0.15, 0.2) is 0 Å². The number of benzene rings is 2. The van der Waals surface area contributed by atoms with Crippen LogP contribution >= 0.6 is 0 Å². The van der Waals surface area contributed by atoms with Crippen molar-refractivity contribution in [2.75, 3.05) is 26.7 Å². The lowest BCUT2D eigenvalue weighted by atomic mass is 9.94. The Labute approximate surface area is 151 Å². The molecule has 0 spiro atoms. The number of rotatable bonds is 6. The Morgan fingerprint density at radius 2 is 1.84 bits per heavy atom. The fraction of sp³-hybridized carbons (Fsp3) is 0.500. The van der Waals surface area contributed by atoms with Crippen molar-refractivity contribution in [1.29, 1.82) is 0 Å². The van der Waals surface area contributed by atoms with Gasteiger partial charge in [-0.3, -0.25) is 9.69 Å². The standard InChI is InChI=1S/C22H30N2O/c1-3-4-14-23(2)22(25)19-12-15-24(16-13-19)17-20-10-7-9-18-8-5-6-11-21(18)20/h5-11,19H,3-4,12-17H2,1-2H3. The van der Waals surface area contributed by atoms with E-state index in [2.05, 4.69) is 54.3 Å². The van der Waals surface area contributed by atoms with Gasteiger partial charge in [0.05, 0.1) is 0 Å². The van der Waals surface area contributed by atoms with Crippen LogP contribution in [0.1, 0.15) is 38.2 Å². The second-order valence-corrected chi connectivity index (χ2v) is 7.30. The average molecular weight is 338 g/mol. The van der Waals surface area contributed by atoms with Crippen LogP contribution in [-0.2, 0) is 11.3 Å². The Morgan fingerprint density at radius 1 is 1.12 bits per heavy atom. The van der Waals surface area contributed by atoms with Gasteiger partial charge in [-0.25, -0.2) is 0 Å². The molecular weight excluding hydrogens is 308 g/mol. The molecule has 1 fully saturated rings. The predicted molar refractivity (Wildman–Crippen MR) is 104 cm³/mol. The molecule has 0 aliphatic carbocycles. The van der Waals surface area contributed by atoms with Gasteiger partial charge in [0.25, 0.3) is 0 Å². The molecule has 1 amide bonds. The van der Waals surface area contributed by atoms with Gasteiger partial charge in [-0.05, 0) is 48.7 Å². The molecule has 1 aliphatic heterocycles. The highest BCUT2D eigenvalue weighted by atomic mass is 16.2. The zero-order valence-corrected chi connectivity index (χ0v) is 15.6. The van der Waals surface area contributed by atoms with Gasteiger partial charge in [0.1, 0.15) is 0 Å². The van der Waals surface area contributed by atoms with E-state index < -0.39 is 0 Å². The monoisotopic (exact) mass is 338 g/mol. The normalized spacial score (nSPS) is 16.2. The molecule has 3 heteroatoms. The minimum Gasteiger partial charge on any atom is -0.346 e. The summed E-state index contributed by atoms with van der Waals surface area (Å²) >= 11 is 0. The number of carbonyl (C=O) groups excluding carboxylic acids is 1. The average Bonchev–Trinajstić information content (AvgIpc) is 2.66. The fourth-order valence-corrected chi connectivity index (χ4v) is 3.83. The highest BCUT2D eigenvalue weighted by Crippen LogP contribution is 2.24. The molecule has 2 aromatic rings. The van der Waals surface area contributed by atoms with Crippen molar-refractivity contribution in [2.45, 2.75) is 39.2 Å². The summed E-state index contributed by atoms with van der Waals surface area (Å²) in [5, 5.41) is 2.66. The van der Waals surface area contributed by atoms with Gasteiger partial charge in [0.2, 0.25) is 5.91 Å². The molecule has 0 bridgehead atoms.